The SMILES string of the molecule is CN(C(=O)CN1CC[C@@H](O)C1)C1CCS(=O)(=O)C1. The molecule has 0 spiro atoms. The van der Waals surface area contributed by atoms with Crippen molar-refractivity contribution in [1.29, 1.82) is 0 Å². The maximum Gasteiger partial charge on any atom is 0.236 e. The number of carbonyl (C=O) groups is 1. The van der Waals surface area contributed by atoms with E-state index in [1.54, 1.807) is 11.9 Å². The van der Waals surface area contributed by atoms with Crippen molar-refractivity contribution >= 4 is 15.7 Å². The zero-order valence-corrected chi connectivity index (χ0v) is 11.4. The molecule has 2 aliphatic heterocycles. The van der Waals surface area contributed by atoms with Gasteiger partial charge in [-0.25, -0.2) is 8.42 Å². The number of aliphatic hydroxyl groups excluding tert-OH is 1. The van der Waals surface area contributed by atoms with Crippen LogP contribution < -0.4 is 0 Å². The molecule has 0 aromatic heterocycles. The smallest absolute Gasteiger partial charge is 0.236 e. The molecule has 0 aromatic carbocycles. The Labute approximate surface area is 107 Å². The standard InChI is InChI=1S/C11H20N2O4S/c1-12(9-3-5-18(16,17)8-9)11(15)7-13-4-2-10(14)6-13/h9-10,14H,2-8H2,1H3/t9?,10-/m1/s1. The molecule has 2 atom stereocenters. The molecule has 0 bridgehead atoms. The average Bonchev–Trinajstić information content (AvgIpc) is 2.83. The number of rotatable bonds is 3. The maximum absolute atomic E-state index is 12.0. The number of likely N-dealkylation sites (N-methyl/N-ethyl adjacent to an activating group) is 1. The van der Waals surface area contributed by atoms with Crippen molar-refractivity contribution in [2.75, 3.05) is 38.2 Å². The Morgan fingerprint density at radius 1 is 1.44 bits per heavy atom. The summed E-state index contributed by atoms with van der Waals surface area (Å²) in [5.74, 6) is 0.196. The molecule has 6 nitrogen and oxygen atoms in total. The van der Waals surface area contributed by atoms with E-state index in [0.29, 0.717) is 19.4 Å². The van der Waals surface area contributed by atoms with Gasteiger partial charge in [-0.05, 0) is 12.8 Å². The molecular weight excluding hydrogens is 256 g/mol. The van der Waals surface area contributed by atoms with E-state index >= 15 is 0 Å². The van der Waals surface area contributed by atoms with E-state index in [4.69, 9.17) is 0 Å². The van der Waals surface area contributed by atoms with Gasteiger partial charge in [0.25, 0.3) is 0 Å². The van der Waals surface area contributed by atoms with Crippen molar-refractivity contribution in [1.82, 2.24) is 9.80 Å². The Morgan fingerprint density at radius 2 is 2.17 bits per heavy atom. The van der Waals surface area contributed by atoms with Crippen LogP contribution in [-0.4, -0.2) is 79.6 Å². The number of amides is 1. The van der Waals surface area contributed by atoms with Crippen molar-refractivity contribution in [3.63, 3.8) is 0 Å². The molecule has 0 aromatic rings. The van der Waals surface area contributed by atoms with Crippen molar-refractivity contribution < 1.29 is 18.3 Å². The third kappa shape index (κ3) is 3.21. The Balaban J connectivity index is 1.85. The molecule has 1 amide bonds. The van der Waals surface area contributed by atoms with Crippen LogP contribution in [-0.2, 0) is 14.6 Å². The second-order valence-electron chi connectivity index (χ2n) is 5.24. The molecule has 2 saturated heterocycles. The topological polar surface area (TPSA) is 77.9 Å². The lowest BCUT2D eigenvalue weighted by Gasteiger charge is -2.25. The summed E-state index contributed by atoms with van der Waals surface area (Å²) in [5.41, 5.74) is 0. The average molecular weight is 276 g/mol. The first-order valence-electron chi connectivity index (χ1n) is 6.24. The van der Waals surface area contributed by atoms with Crippen LogP contribution in [0, 0.1) is 0 Å². The van der Waals surface area contributed by atoms with E-state index in [9.17, 15) is 18.3 Å². The van der Waals surface area contributed by atoms with Crippen LogP contribution in [0.2, 0.25) is 0 Å². The summed E-state index contributed by atoms with van der Waals surface area (Å²) in [6.07, 6.45) is 0.900. The minimum Gasteiger partial charge on any atom is -0.392 e. The van der Waals surface area contributed by atoms with Crippen LogP contribution in [0.25, 0.3) is 0 Å². The van der Waals surface area contributed by atoms with E-state index < -0.39 is 9.84 Å². The van der Waals surface area contributed by atoms with Crippen LogP contribution >= 0.6 is 0 Å². The van der Waals surface area contributed by atoms with Gasteiger partial charge in [0, 0.05) is 26.2 Å². The first-order valence-corrected chi connectivity index (χ1v) is 8.06. The lowest BCUT2D eigenvalue weighted by Crippen LogP contribution is -2.43. The first-order chi connectivity index (χ1) is 8.37. The number of β-amino-alcohol motifs (C(OH)–C–C–N with tert-alkyl or cyclic N) is 1. The van der Waals surface area contributed by atoms with Crippen LogP contribution in [0.3, 0.4) is 0 Å². The molecule has 2 rings (SSSR count). The Bertz CT molecular complexity index is 423. The molecule has 18 heavy (non-hydrogen) atoms. The summed E-state index contributed by atoms with van der Waals surface area (Å²) in [4.78, 5) is 15.5. The van der Waals surface area contributed by atoms with Gasteiger partial charge in [0.1, 0.15) is 0 Å². The minimum absolute atomic E-state index is 0.0637. The first kappa shape index (κ1) is 13.8. The van der Waals surface area contributed by atoms with Crippen molar-refractivity contribution in [3.05, 3.63) is 0 Å². The number of nitrogens with zero attached hydrogens (tertiary/aromatic N) is 2. The van der Waals surface area contributed by atoms with Gasteiger partial charge >= 0.3 is 0 Å². The number of sulfone groups is 1. The normalized spacial score (nSPS) is 31.7. The zero-order chi connectivity index (χ0) is 13.3. The molecule has 1 unspecified atom stereocenters. The minimum atomic E-state index is -2.96. The fraction of sp³-hybridized carbons (Fsp3) is 0.909. The van der Waals surface area contributed by atoms with Crippen LogP contribution in [0.1, 0.15) is 12.8 Å². The molecule has 2 aliphatic rings. The Morgan fingerprint density at radius 3 is 2.67 bits per heavy atom. The van der Waals surface area contributed by atoms with Gasteiger partial charge in [-0.1, -0.05) is 0 Å². The summed E-state index contributed by atoms with van der Waals surface area (Å²) in [7, 11) is -1.29. The molecule has 0 radical (unpaired) electrons. The van der Waals surface area contributed by atoms with E-state index in [1.165, 1.54) is 0 Å². The number of hydrogen-bond donors (Lipinski definition) is 1. The highest BCUT2D eigenvalue weighted by Gasteiger charge is 2.33. The van der Waals surface area contributed by atoms with Gasteiger partial charge in [-0.3, -0.25) is 9.69 Å². The summed E-state index contributed by atoms with van der Waals surface area (Å²) in [5, 5.41) is 9.39. The zero-order valence-electron chi connectivity index (χ0n) is 10.6. The molecule has 2 heterocycles. The summed E-state index contributed by atoms with van der Waals surface area (Å²) < 4.78 is 22.7. The summed E-state index contributed by atoms with van der Waals surface area (Å²) in [6, 6.07) is -0.185. The van der Waals surface area contributed by atoms with Gasteiger partial charge in [-0.2, -0.15) is 0 Å². The molecule has 104 valence electrons. The maximum atomic E-state index is 12.0. The molecular formula is C11H20N2O4S. The summed E-state index contributed by atoms with van der Waals surface area (Å²) >= 11 is 0. The predicted octanol–water partition coefficient (Wildman–Crippen LogP) is -1.30. The van der Waals surface area contributed by atoms with E-state index in [0.717, 1.165) is 6.54 Å². The van der Waals surface area contributed by atoms with Crippen LogP contribution in [0.4, 0.5) is 0 Å². The lowest BCUT2D eigenvalue weighted by atomic mass is 10.2. The molecule has 0 saturated carbocycles. The highest BCUT2D eigenvalue weighted by Crippen LogP contribution is 2.17. The predicted molar refractivity (Wildman–Crippen MR) is 66.9 cm³/mol. The third-order valence-electron chi connectivity index (χ3n) is 3.76. The quantitative estimate of drug-likeness (QED) is 0.693. The van der Waals surface area contributed by atoms with Crippen LogP contribution in [0.5, 0.6) is 0 Å². The highest BCUT2D eigenvalue weighted by molar-refractivity contribution is 7.91. The summed E-state index contributed by atoms with van der Waals surface area (Å²) in [6.45, 7) is 1.52. The second-order valence-corrected chi connectivity index (χ2v) is 7.47. The van der Waals surface area contributed by atoms with Crippen molar-refractivity contribution in [2.45, 2.75) is 25.0 Å². The number of hydrogen-bond acceptors (Lipinski definition) is 5. The fourth-order valence-electron chi connectivity index (χ4n) is 2.54. The molecule has 1 N–H and O–H groups in total. The van der Waals surface area contributed by atoms with E-state index in [1.807, 2.05) is 4.90 Å². The Hall–Kier alpha value is -0.660. The van der Waals surface area contributed by atoms with Gasteiger partial charge < -0.3 is 10.0 Å². The molecule has 7 heteroatoms. The van der Waals surface area contributed by atoms with Gasteiger partial charge in [0.15, 0.2) is 9.84 Å². The molecule has 0 aliphatic carbocycles. The third-order valence-corrected chi connectivity index (χ3v) is 5.51. The van der Waals surface area contributed by atoms with Crippen LogP contribution in [0.15, 0.2) is 0 Å². The largest absolute Gasteiger partial charge is 0.392 e. The van der Waals surface area contributed by atoms with Crippen molar-refractivity contribution in [2.24, 2.45) is 0 Å². The van der Waals surface area contributed by atoms with E-state index in [-0.39, 0.29) is 36.1 Å². The number of likely N-dealkylation sites (tertiary alicyclic amines) is 1. The monoisotopic (exact) mass is 276 g/mol. The van der Waals surface area contributed by atoms with Crippen molar-refractivity contribution in [3.8, 4) is 0 Å². The fourth-order valence-corrected chi connectivity index (χ4v) is 4.32. The van der Waals surface area contributed by atoms with Gasteiger partial charge in [0.2, 0.25) is 5.91 Å². The number of aliphatic hydroxyl groups is 1. The Kier molecular flexibility index (Phi) is 3.93. The molecule has 2 fully saturated rings. The van der Waals surface area contributed by atoms with Gasteiger partial charge in [0.05, 0.1) is 24.2 Å². The van der Waals surface area contributed by atoms with Gasteiger partial charge in [-0.15, -0.1) is 0 Å². The highest BCUT2D eigenvalue weighted by atomic mass is 32.2. The lowest BCUT2D eigenvalue weighted by molar-refractivity contribution is -0.132. The second kappa shape index (κ2) is 5.14. The van der Waals surface area contributed by atoms with E-state index in [2.05, 4.69) is 0 Å². The number of carbonyl (C=O) groups excluding carboxylic acids is 1.